The van der Waals surface area contributed by atoms with Crippen LogP contribution in [0, 0.1) is 11.3 Å². The Morgan fingerprint density at radius 1 is 1.29 bits per heavy atom. The standard InChI is InChI=1S/C17H33N3O/c1-12(2)20-16(15(21-8)11-19-20)14(18-7)9-13(3)10-17(4,5)6/h11-14,18H,9-10H2,1-8H3. The minimum absolute atomic E-state index is 0.266. The average molecular weight is 295 g/mol. The van der Waals surface area contributed by atoms with Gasteiger partial charge in [-0.05, 0) is 45.1 Å². The Balaban J connectivity index is 2.96. The smallest absolute Gasteiger partial charge is 0.161 e. The van der Waals surface area contributed by atoms with E-state index in [1.807, 2.05) is 13.2 Å². The lowest BCUT2D eigenvalue weighted by atomic mass is 9.82. The maximum absolute atomic E-state index is 5.52. The Morgan fingerprint density at radius 3 is 2.33 bits per heavy atom. The van der Waals surface area contributed by atoms with Gasteiger partial charge in [0.2, 0.25) is 0 Å². The molecule has 0 amide bonds. The third-order valence-electron chi connectivity index (χ3n) is 3.79. The lowest BCUT2D eigenvalue weighted by molar-refractivity contribution is 0.271. The average Bonchev–Trinajstić information content (AvgIpc) is 2.77. The first-order valence-electron chi connectivity index (χ1n) is 7.98. The zero-order valence-corrected chi connectivity index (χ0v) is 15.0. The molecule has 1 rings (SSSR count). The second-order valence-corrected chi connectivity index (χ2v) is 7.58. The molecule has 0 saturated carbocycles. The summed E-state index contributed by atoms with van der Waals surface area (Å²) < 4.78 is 7.59. The van der Waals surface area contributed by atoms with Gasteiger partial charge < -0.3 is 10.1 Å². The zero-order chi connectivity index (χ0) is 16.2. The van der Waals surface area contributed by atoms with Crippen LogP contribution >= 0.6 is 0 Å². The molecular weight excluding hydrogens is 262 g/mol. The normalized spacial score (nSPS) is 15.3. The number of nitrogens with zero attached hydrogens (tertiary/aromatic N) is 2. The fraction of sp³-hybridized carbons (Fsp3) is 0.824. The number of ether oxygens (including phenoxy) is 1. The number of methoxy groups -OCH3 is 1. The van der Waals surface area contributed by atoms with Gasteiger partial charge in [-0.15, -0.1) is 0 Å². The molecule has 4 heteroatoms. The van der Waals surface area contributed by atoms with E-state index < -0.39 is 0 Å². The predicted octanol–water partition coefficient (Wildman–Crippen LogP) is 4.20. The third-order valence-corrected chi connectivity index (χ3v) is 3.79. The minimum atomic E-state index is 0.266. The van der Waals surface area contributed by atoms with Crippen LogP contribution in [0.5, 0.6) is 5.75 Å². The van der Waals surface area contributed by atoms with E-state index in [4.69, 9.17) is 4.74 Å². The Labute approximate surface area is 130 Å². The molecule has 0 aliphatic rings. The predicted molar refractivity (Wildman–Crippen MR) is 88.8 cm³/mol. The van der Waals surface area contributed by atoms with Gasteiger partial charge in [0, 0.05) is 6.04 Å². The van der Waals surface area contributed by atoms with Crippen LogP contribution in [0.2, 0.25) is 0 Å². The van der Waals surface area contributed by atoms with E-state index in [2.05, 4.69) is 56.6 Å². The molecule has 0 aromatic carbocycles. The van der Waals surface area contributed by atoms with Crippen LogP contribution in [0.1, 0.15) is 72.2 Å². The quantitative estimate of drug-likeness (QED) is 0.819. The highest BCUT2D eigenvalue weighted by molar-refractivity contribution is 5.28. The molecule has 1 aromatic rings. The number of hydrogen-bond acceptors (Lipinski definition) is 3. The molecule has 122 valence electrons. The van der Waals surface area contributed by atoms with E-state index in [1.54, 1.807) is 7.11 Å². The van der Waals surface area contributed by atoms with Crippen LogP contribution in [-0.4, -0.2) is 23.9 Å². The Morgan fingerprint density at radius 2 is 1.90 bits per heavy atom. The largest absolute Gasteiger partial charge is 0.493 e. The number of aromatic nitrogens is 2. The van der Waals surface area contributed by atoms with Gasteiger partial charge in [0.15, 0.2) is 5.75 Å². The second-order valence-electron chi connectivity index (χ2n) is 7.58. The summed E-state index contributed by atoms with van der Waals surface area (Å²) in [6.45, 7) is 13.5. The molecule has 2 unspecified atom stereocenters. The van der Waals surface area contributed by atoms with E-state index >= 15 is 0 Å². The third kappa shape index (κ3) is 5.03. The van der Waals surface area contributed by atoms with Crippen molar-refractivity contribution in [2.45, 2.75) is 66.5 Å². The molecule has 0 spiro atoms. The molecular formula is C17H33N3O. The van der Waals surface area contributed by atoms with Crippen molar-refractivity contribution < 1.29 is 4.74 Å². The van der Waals surface area contributed by atoms with Crippen molar-refractivity contribution in [2.24, 2.45) is 11.3 Å². The molecule has 0 saturated heterocycles. The van der Waals surface area contributed by atoms with Crippen molar-refractivity contribution >= 4 is 0 Å². The molecule has 2 atom stereocenters. The van der Waals surface area contributed by atoms with Crippen LogP contribution < -0.4 is 10.1 Å². The van der Waals surface area contributed by atoms with Crippen molar-refractivity contribution in [1.82, 2.24) is 15.1 Å². The Kier molecular flexibility index (Phi) is 6.26. The van der Waals surface area contributed by atoms with Gasteiger partial charge >= 0.3 is 0 Å². The van der Waals surface area contributed by atoms with Crippen molar-refractivity contribution in [1.29, 1.82) is 0 Å². The number of hydrogen-bond donors (Lipinski definition) is 1. The molecule has 0 aliphatic heterocycles. The minimum Gasteiger partial charge on any atom is -0.493 e. The fourth-order valence-electron chi connectivity index (χ4n) is 3.15. The lowest BCUT2D eigenvalue weighted by Crippen LogP contribution is -2.25. The molecule has 1 heterocycles. The van der Waals surface area contributed by atoms with Crippen molar-refractivity contribution in [3.8, 4) is 5.75 Å². The Hall–Kier alpha value is -1.03. The molecule has 0 bridgehead atoms. The van der Waals surface area contributed by atoms with Gasteiger partial charge in [-0.25, -0.2) is 0 Å². The first-order valence-corrected chi connectivity index (χ1v) is 7.98. The Bertz CT molecular complexity index is 432. The van der Waals surface area contributed by atoms with Crippen LogP contribution in [0.15, 0.2) is 6.20 Å². The molecule has 4 nitrogen and oxygen atoms in total. The van der Waals surface area contributed by atoms with Crippen LogP contribution in [0.25, 0.3) is 0 Å². The molecule has 1 N–H and O–H groups in total. The van der Waals surface area contributed by atoms with E-state index in [1.165, 1.54) is 6.42 Å². The van der Waals surface area contributed by atoms with Gasteiger partial charge in [-0.1, -0.05) is 27.7 Å². The van der Waals surface area contributed by atoms with E-state index in [9.17, 15) is 0 Å². The highest BCUT2D eigenvalue weighted by Gasteiger charge is 2.25. The van der Waals surface area contributed by atoms with E-state index in [0.717, 1.165) is 17.9 Å². The van der Waals surface area contributed by atoms with Crippen molar-refractivity contribution in [3.63, 3.8) is 0 Å². The summed E-state index contributed by atoms with van der Waals surface area (Å²) in [4.78, 5) is 0. The number of rotatable bonds is 7. The summed E-state index contributed by atoms with van der Waals surface area (Å²) in [7, 11) is 3.74. The van der Waals surface area contributed by atoms with Crippen LogP contribution in [0.3, 0.4) is 0 Å². The van der Waals surface area contributed by atoms with E-state index in [0.29, 0.717) is 17.4 Å². The van der Waals surface area contributed by atoms with Gasteiger partial charge in [-0.3, -0.25) is 4.68 Å². The first kappa shape index (κ1) is 18.0. The van der Waals surface area contributed by atoms with Gasteiger partial charge in [0.1, 0.15) is 0 Å². The maximum Gasteiger partial charge on any atom is 0.161 e. The SMILES string of the molecule is CNC(CC(C)CC(C)(C)C)c1c(OC)cnn1C(C)C. The summed E-state index contributed by atoms with van der Waals surface area (Å²) in [6, 6.07) is 0.597. The van der Waals surface area contributed by atoms with Gasteiger partial charge in [-0.2, -0.15) is 5.10 Å². The van der Waals surface area contributed by atoms with Crippen molar-refractivity contribution in [3.05, 3.63) is 11.9 Å². The highest BCUT2D eigenvalue weighted by Crippen LogP contribution is 2.34. The molecule has 0 radical (unpaired) electrons. The summed E-state index contributed by atoms with van der Waals surface area (Å²) in [5.41, 5.74) is 1.52. The lowest BCUT2D eigenvalue weighted by Gasteiger charge is -2.28. The first-order chi connectivity index (χ1) is 9.69. The molecule has 0 fully saturated rings. The summed E-state index contributed by atoms with van der Waals surface area (Å²) in [6.07, 6.45) is 4.12. The monoisotopic (exact) mass is 295 g/mol. The van der Waals surface area contributed by atoms with Gasteiger partial charge in [0.05, 0.1) is 25.0 Å². The topological polar surface area (TPSA) is 39.1 Å². The molecule has 0 aliphatic carbocycles. The van der Waals surface area contributed by atoms with Crippen molar-refractivity contribution in [2.75, 3.05) is 14.2 Å². The number of nitrogens with one attached hydrogen (secondary N) is 1. The fourth-order valence-corrected chi connectivity index (χ4v) is 3.15. The maximum atomic E-state index is 5.52. The summed E-state index contributed by atoms with van der Waals surface area (Å²) in [5, 5.41) is 7.94. The highest BCUT2D eigenvalue weighted by atomic mass is 16.5. The zero-order valence-electron chi connectivity index (χ0n) is 15.0. The second kappa shape index (κ2) is 7.30. The van der Waals surface area contributed by atoms with E-state index in [-0.39, 0.29) is 6.04 Å². The van der Waals surface area contributed by atoms with Crippen LogP contribution in [0.4, 0.5) is 0 Å². The molecule has 21 heavy (non-hydrogen) atoms. The summed E-state index contributed by atoms with van der Waals surface area (Å²) >= 11 is 0. The van der Waals surface area contributed by atoms with Crippen LogP contribution in [-0.2, 0) is 0 Å². The van der Waals surface area contributed by atoms with Gasteiger partial charge in [0.25, 0.3) is 0 Å². The summed E-state index contributed by atoms with van der Waals surface area (Å²) in [5.74, 6) is 1.52. The molecule has 1 aromatic heterocycles.